The van der Waals surface area contributed by atoms with Crippen molar-refractivity contribution >= 4 is 23.8 Å². The van der Waals surface area contributed by atoms with Gasteiger partial charge in [-0.2, -0.15) is 0 Å². The number of rotatable bonds is 10. The van der Waals surface area contributed by atoms with Gasteiger partial charge in [-0.3, -0.25) is 19.4 Å². The molecule has 2 aliphatic rings. The highest BCUT2D eigenvalue weighted by Crippen LogP contribution is 2.48. The van der Waals surface area contributed by atoms with Crippen LogP contribution in [0.5, 0.6) is 0 Å². The summed E-state index contributed by atoms with van der Waals surface area (Å²) in [5.74, 6) is -1.46. The molecular formula is C40H42N4O5. The van der Waals surface area contributed by atoms with Crippen molar-refractivity contribution in [2.24, 2.45) is 5.92 Å². The lowest BCUT2D eigenvalue weighted by molar-refractivity contribution is -0.151. The first-order chi connectivity index (χ1) is 23.7. The van der Waals surface area contributed by atoms with Gasteiger partial charge in [-0.15, -0.1) is 0 Å². The van der Waals surface area contributed by atoms with Crippen molar-refractivity contribution in [3.05, 3.63) is 144 Å². The number of hydrogen-bond acceptors (Lipinski definition) is 6. The number of nitrogens with zero attached hydrogens (tertiary/aromatic N) is 4. The summed E-state index contributed by atoms with van der Waals surface area (Å²) in [6.07, 6.45) is 0. The molecule has 3 atom stereocenters. The van der Waals surface area contributed by atoms with Gasteiger partial charge in [-0.25, -0.2) is 9.59 Å². The maximum atomic E-state index is 14.1. The largest absolute Gasteiger partial charge is 0.459 e. The zero-order valence-electron chi connectivity index (χ0n) is 28.1. The highest BCUT2D eigenvalue weighted by molar-refractivity contribution is 6.01. The Morgan fingerprint density at radius 1 is 0.776 bits per heavy atom. The Hall–Kier alpha value is -5.28. The molecule has 4 amide bonds. The van der Waals surface area contributed by atoms with Crippen LogP contribution in [0.4, 0.5) is 4.79 Å². The average molecular weight is 659 g/mol. The molecule has 0 saturated carbocycles. The zero-order chi connectivity index (χ0) is 34.5. The fourth-order valence-electron chi connectivity index (χ4n) is 7.04. The second-order valence-corrected chi connectivity index (χ2v) is 13.0. The van der Waals surface area contributed by atoms with Crippen molar-refractivity contribution in [1.29, 1.82) is 0 Å². The van der Waals surface area contributed by atoms with Crippen LogP contribution < -0.4 is 0 Å². The molecule has 9 nitrogen and oxygen atoms in total. The van der Waals surface area contributed by atoms with E-state index in [0.717, 1.165) is 22.3 Å². The molecule has 252 valence electrons. The van der Waals surface area contributed by atoms with Crippen molar-refractivity contribution in [1.82, 2.24) is 19.6 Å². The molecule has 4 aromatic rings. The molecule has 0 aromatic heterocycles. The molecule has 2 heterocycles. The van der Waals surface area contributed by atoms with E-state index in [1.54, 1.807) is 7.05 Å². The number of likely N-dealkylation sites (N-methyl/N-ethyl adjacent to an activating group) is 1. The quantitative estimate of drug-likeness (QED) is 0.101. The normalized spacial score (nSPS) is 18.2. The van der Waals surface area contributed by atoms with Gasteiger partial charge in [0.25, 0.3) is 0 Å². The lowest BCUT2D eigenvalue weighted by Crippen LogP contribution is -2.59. The Bertz CT molecular complexity index is 1670. The van der Waals surface area contributed by atoms with Crippen molar-refractivity contribution in [3.8, 4) is 0 Å². The van der Waals surface area contributed by atoms with E-state index in [2.05, 4.69) is 41.3 Å². The van der Waals surface area contributed by atoms with Crippen molar-refractivity contribution < 1.29 is 23.9 Å². The SMILES string of the molecule is CC(C)C(C(=O)OCc1ccccc1)N(C)C(=O)N1CCN(C(=O)C2CN2C(c2ccccc2)(c2ccccc2)c2ccccc2)C(=O)C1. The third-order valence-corrected chi connectivity index (χ3v) is 9.48. The molecule has 49 heavy (non-hydrogen) atoms. The Labute approximate surface area is 287 Å². The van der Waals surface area contributed by atoms with Crippen LogP contribution in [0.25, 0.3) is 0 Å². The summed E-state index contributed by atoms with van der Waals surface area (Å²) in [7, 11) is 1.55. The summed E-state index contributed by atoms with van der Waals surface area (Å²) in [5, 5.41) is 0. The highest BCUT2D eigenvalue weighted by atomic mass is 16.5. The molecule has 0 radical (unpaired) electrons. The molecule has 0 N–H and O–H groups in total. The first-order valence-corrected chi connectivity index (χ1v) is 16.7. The van der Waals surface area contributed by atoms with Crippen LogP contribution in [0.15, 0.2) is 121 Å². The van der Waals surface area contributed by atoms with Gasteiger partial charge in [0.05, 0.1) is 5.54 Å². The molecular weight excluding hydrogens is 616 g/mol. The van der Waals surface area contributed by atoms with E-state index in [1.165, 1.54) is 14.7 Å². The molecule has 0 aliphatic carbocycles. The van der Waals surface area contributed by atoms with Gasteiger partial charge in [-0.05, 0) is 28.2 Å². The van der Waals surface area contributed by atoms with Crippen molar-refractivity contribution in [3.63, 3.8) is 0 Å². The topological polar surface area (TPSA) is 90.2 Å². The van der Waals surface area contributed by atoms with Gasteiger partial charge >= 0.3 is 12.0 Å². The Kier molecular flexibility index (Phi) is 9.92. The van der Waals surface area contributed by atoms with E-state index < -0.39 is 35.5 Å². The second-order valence-electron chi connectivity index (χ2n) is 13.0. The molecule has 3 unspecified atom stereocenters. The Morgan fingerprint density at radius 2 is 1.27 bits per heavy atom. The monoisotopic (exact) mass is 658 g/mol. The first-order valence-electron chi connectivity index (χ1n) is 16.7. The highest BCUT2D eigenvalue weighted by Gasteiger charge is 2.57. The second kappa shape index (κ2) is 14.5. The number of piperazine rings is 1. The number of esters is 1. The van der Waals surface area contributed by atoms with E-state index in [-0.39, 0.29) is 38.1 Å². The molecule has 0 spiro atoms. The third kappa shape index (κ3) is 6.71. The summed E-state index contributed by atoms with van der Waals surface area (Å²) in [6, 6.07) is 37.9. The summed E-state index contributed by atoms with van der Waals surface area (Å²) in [4.78, 5) is 60.6. The number of amides is 4. The molecule has 0 bridgehead atoms. The Balaban J connectivity index is 1.17. The molecule has 2 aliphatic heterocycles. The number of benzene rings is 4. The Morgan fingerprint density at radius 3 is 1.73 bits per heavy atom. The van der Waals surface area contributed by atoms with Crippen molar-refractivity contribution in [2.75, 3.05) is 33.2 Å². The molecule has 9 heteroatoms. The minimum atomic E-state index is -0.840. The maximum Gasteiger partial charge on any atom is 0.329 e. The van der Waals surface area contributed by atoms with Gasteiger partial charge < -0.3 is 14.5 Å². The van der Waals surface area contributed by atoms with Gasteiger partial charge in [0.2, 0.25) is 11.8 Å². The maximum absolute atomic E-state index is 14.1. The molecule has 6 rings (SSSR count). The zero-order valence-corrected chi connectivity index (χ0v) is 28.1. The van der Waals surface area contributed by atoms with Crippen LogP contribution in [0.3, 0.4) is 0 Å². The van der Waals surface area contributed by atoms with Crippen LogP contribution in [-0.4, -0.2) is 88.7 Å². The van der Waals surface area contributed by atoms with Crippen LogP contribution in [0.1, 0.15) is 36.1 Å². The first kappa shape index (κ1) is 33.6. The lowest BCUT2D eigenvalue weighted by atomic mass is 9.76. The van der Waals surface area contributed by atoms with Gasteiger partial charge in [0.1, 0.15) is 25.2 Å². The minimum absolute atomic E-state index is 0.0708. The minimum Gasteiger partial charge on any atom is -0.459 e. The number of ether oxygens (including phenoxy) is 1. The standard InChI is InChI=1S/C40H42N4O5/c1-29(2)36(38(47)49-28-30-16-8-4-9-17-30)41(3)39(48)42-24-25-43(35(45)27-42)37(46)34-26-44(34)40(31-18-10-5-11-19-31,32-20-12-6-13-21-32)33-22-14-7-15-23-33/h4-23,29,34,36H,24-28H2,1-3H3. The molecule has 2 saturated heterocycles. The van der Waals surface area contributed by atoms with Crippen LogP contribution in [0.2, 0.25) is 0 Å². The van der Waals surface area contributed by atoms with Crippen molar-refractivity contribution in [2.45, 2.75) is 38.1 Å². The predicted octanol–water partition coefficient (Wildman–Crippen LogP) is 5.15. The molecule has 2 fully saturated rings. The fraction of sp³-hybridized carbons (Fsp3) is 0.300. The summed E-state index contributed by atoms with van der Waals surface area (Å²) < 4.78 is 5.57. The smallest absolute Gasteiger partial charge is 0.329 e. The van der Waals surface area contributed by atoms with E-state index >= 15 is 0 Å². The number of carbonyl (C=O) groups excluding carboxylic acids is 4. The van der Waals surface area contributed by atoms with Gasteiger partial charge in [0, 0.05) is 26.7 Å². The van der Waals surface area contributed by atoms with Gasteiger partial charge in [0.15, 0.2) is 0 Å². The van der Waals surface area contributed by atoms with Gasteiger partial charge in [-0.1, -0.05) is 135 Å². The average Bonchev–Trinajstić information content (AvgIpc) is 3.93. The van der Waals surface area contributed by atoms with E-state index in [4.69, 9.17) is 4.74 Å². The number of imide groups is 1. The van der Waals surface area contributed by atoms with Crippen LogP contribution in [-0.2, 0) is 31.3 Å². The van der Waals surface area contributed by atoms with E-state index in [0.29, 0.717) is 6.54 Å². The summed E-state index contributed by atoms with van der Waals surface area (Å²) in [6.45, 7) is 4.24. The van der Waals surface area contributed by atoms with Crippen LogP contribution >= 0.6 is 0 Å². The lowest BCUT2D eigenvalue weighted by Gasteiger charge is -2.39. The van der Waals surface area contributed by atoms with Crippen LogP contribution in [0, 0.1) is 5.92 Å². The number of carbonyl (C=O) groups is 4. The third-order valence-electron chi connectivity index (χ3n) is 9.48. The molecule has 4 aromatic carbocycles. The predicted molar refractivity (Wildman–Crippen MR) is 186 cm³/mol. The van der Waals surface area contributed by atoms with E-state index in [9.17, 15) is 19.2 Å². The number of urea groups is 1. The fourth-order valence-corrected chi connectivity index (χ4v) is 7.04. The summed E-state index contributed by atoms with van der Waals surface area (Å²) >= 11 is 0. The number of hydrogen-bond donors (Lipinski definition) is 0. The van der Waals surface area contributed by atoms with E-state index in [1.807, 2.05) is 98.8 Å². The summed E-state index contributed by atoms with van der Waals surface area (Å²) in [5.41, 5.74) is 3.16.